The average Bonchev–Trinajstić information content (AvgIpc) is 2.99. The minimum Gasteiger partial charge on any atom is -0.363 e. The molecule has 0 radical (unpaired) electrons. The Morgan fingerprint density at radius 1 is 1.50 bits per heavy atom. The molecule has 1 saturated carbocycles. The molecule has 1 heterocycles. The molecule has 0 aliphatic heterocycles. The number of hydrogen-bond donors (Lipinski definition) is 2. The normalized spacial score (nSPS) is 16.7. The van der Waals surface area contributed by atoms with Gasteiger partial charge in [0.25, 0.3) is 0 Å². The molecule has 5 nitrogen and oxygen atoms in total. The van der Waals surface area contributed by atoms with Gasteiger partial charge in [-0.15, -0.1) is 0 Å². The fourth-order valence-corrected chi connectivity index (χ4v) is 1.34. The van der Waals surface area contributed by atoms with Crippen molar-refractivity contribution in [2.45, 2.75) is 18.4 Å². The van der Waals surface area contributed by atoms with Crippen molar-refractivity contribution in [3.8, 4) is 0 Å². The molecular weight excluding hydrogens is 204 g/mol. The van der Waals surface area contributed by atoms with Gasteiger partial charge in [0, 0.05) is 14.1 Å². The van der Waals surface area contributed by atoms with Crippen molar-refractivity contribution in [2.24, 2.45) is 5.73 Å². The molecule has 0 aromatic carbocycles. The van der Waals surface area contributed by atoms with Crippen LogP contribution in [0.1, 0.15) is 12.8 Å². The SMILES string of the molecule is CN(C)c1ccc(NC(=O)C2(N)CC2)cn1. The molecule has 16 heavy (non-hydrogen) atoms. The summed E-state index contributed by atoms with van der Waals surface area (Å²) in [5, 5.41) is 2.77. The van der Waals surface area contributed by atoms with Crippen molar-refractivity contribution in [3.05, 3.63) is 18.3 Å². The van der Waals surface area contributed by atoms with Gasteiger partial charge in [0.05, 0.1) is 17.4 Å². The predicted molar refractivity (Wildman–Crippen MR) is 63.3 cm³/mol. The van der Waals surface area contributed by atoms with Crippen LogP contribution in [-0.4, -0.2) is 30.5 Å². The summed E-state index contributed by atoms with van der Waals surface area (Å²) in [5.74, 6) is 0.735. The van der Waals surface area contributed by atoms with Crippen LogP contribution in [0.3, 0.4) is 0 Å². The summed E-state index contributed by atoms with van der Waals surface area (Å²) in [6, 6.07) is 3.68. The van der Waals surface area contributed by atoms with Crippen LogP contribution >= 0.6 is 0 Å². The first-order chi connectivity index (χ1) is 7.51. The molecule has 86 valence electrons. The molecule has 1 aliphatic carbocycles. The molecule has 0 saturated heterocycles. The number of carbonyl (C=O) groups is 1. The summed E-state index contributed by atoms with van der Waals surface area (Å²) in [6.45, 7) is 0. The summed E-state index contributed by atoms with van der Waals surface area (Å²) < 4.78 is 0. The van der Waals surface area contributed by atoms with Gasteiger partial charge in [-0.2, -0.15) is 0 Å². The van der Waals surface area contributed by atoms with Gasteiger partial charge >= 0.3 is 0 Å². The van der Waals surface area contributed by atoms with Gasteiger partial charge in [0.15, 0.2) is 0 Å². The first kappa shape index (κ1) is 10.9. The largest absolute Gasteiger partial charge is 0.363 e. The zero-order valence-electron chi connectivity index (χ0n) is 9.53. The lowest BCUT2D eigenvalue weighted by atomic mass is 10.2. The van der Waals surface area contributed by atoms with Crippen LogP contribution < -0.4 is 16.0 Å². The lowest BCUT2D eigenvalue weighted by Crippen LogP contribution is -2.37. The molecular formula is C11H16N4O. The highest BCUT2D eigenvalue weighted by Crippen LogP contribution is 2.33. The number of nitrogens with two attached hydrogens (primary N) is 1. The average molecular weight is 220 g/mol. The van der Waals surface area contributed by atoms with Gasteiger partial charge in [0.1, 0.15) is 5.82 Å². The van der Waals surface area contributed by atoms with E-state index in [1.54, 1.807) is 6.20 Å². The molecule has 1 fully saturated rings. The minimum atomic E-state index is -0.639. The first-order valence-corrected chi connectivity index (χ1v) is 5.25. The minimum absolute atomic E-state index is 0.119. The predicted octanol–water partition coefficient (Wildman–Crippen LogP) is 0.577. The molecule has 5 heteroatoms. The molecule has 1 aromatic heterocycles. The fraction of sp³-hybridized carbons (Fsp3) is 0.455. The van der Waals surface area contributed by atoms with Crippen molar-refractivity contribution < 1.29 is 4.79 Å². The van der Waals surface area contributed by atoms with Gasteiger partial charge < -0.3 is 16.0 Å². The number of aromatic nitrogens is 1. The number of nitrogens with zero attached hydrogens (tertiary/aromatic N) is 2. The highest BCUT2D eigenvalue weighted by Gasteiger charge is 2.45. The third-order valence-electron chi connectivity index (χ3n) is 2.70. The molecule has 1 aromatic rings. The number of nitrogens with one attached hydrogen (secondary N) is 1. The van der Waals surface area contributed by atoms with Crippen molar-refractivity contribution in [2.75, 3.05) is 24.3 Å². The maximum atomic E-state index is 11.6. The van der Waals surface area contributed by atoms with E-state index in [2.05, 4.69) is 10.3 Å². The van der Waals surface area contributed by atoms with Crippen LogP contribution in [-0.2, 0) is 4.79 Å². The van der Waals surface area contributed by atoms with Crippen LogP contribution in [0.25, 0.3) is 0 Å². The van der Waals surface area contributed by atoms with E-state index in [1.165, 1.54) is 0 Å². The summed E-state index contributed by atoms with van der Waals surface area (Å²) in [4.78, 5) is 17.7. The standard InChI is InChI=1S/C11H16N4O/c1-15(2)9-4-3-8(7-13-9)14-10(16)11(12)5-6-11/h3-4,7H,5-6,12H2,1-2H3,(H,14,16). The van der Waals surface area contributed by atoms with Crippen LogP contribution in [0.4, 0.5) is 11.5 Å². The van der Waals surface area contributed by atoms with Crippen LogP contribution in [0, 0.1) is 0 Å². The Morgan fingerprint density at radius 2 is 2.19 bits per heavy atom. The topological polar surface area (TPSA) is 71.2 Å². The monoisotopic (exact) mass is 220 g/mol. The van der Waals surface area contributed by atoms with Crippen molar-refractivity contribution in [1.82, 2.24) is 4.98 Å². The van der Waals surface area contributed by atoms with E-state index in [0.29, 0.717) is 5.69 Å². The van der Waals surface area contributed by atoms with Gasteiger partial charge in [-0.3, -0.25) is 4.79 Å². The highest BCUT2D eigenvalue weighted by atomic mass is 16.2. The van der Waals surface area contributed by atoms with E-state index in [1.807, 2.05) is 31.1 Å². The molecule has 1 aliphatic rings. The van der Waals surface area contributed by atoms with E-state index in [-0.39, 0.29) is 5.91 Å². The Kier molecular flexibility index (Phi) is 2.55. The molecule has 3 N–H and O–H groups in total. The molecule has 0 spiro atoms. The van der Waals surface area contributed by atoms with Crippen LogP contribution in [0.15, 0.2) is 18.3 Å². The summed E-state index contributed by atoms with van der Waals surface area (Å²) in [6.07, 6.45) is 3.17. The third kappa shape index (κ3) is 2.14. The van der Waals surface area contributed by atoms with E-state index in [0.717, 1.165) is 18.7 Å². The molecule has 1 amide bonds. The Morgan fingerprint density at radius 3 is 2.62 bits per heavy atom. The quantitative estimate of drug-likeness (QED) is 0.781. The number of hydrogen-bond acceptors (Lipinski definition) is 4. The van der Waals surface area contributed by atoms with Crippen molar-refractivity contribution >= 4 is 17.4 Å². The summed E-state index contributed by atoms with van der Waals surface area (Å²) in [5.41, 5.74) is 5.82. The second kappa shape index (κ2) is 3.75. The number of pyridine rings is 1. The Balaban J connectivity index is 2.02. The fourth-order valence-electron chi connectivity index (χ4n) is 1.34. The Labute approximate surface area is 94.6 Å². The van der Waals surface area contributed by atoms with Crippen molar-refractivity contribution in [1.29, 1.82) is 0 Å². The van der Waals surface area contributed by atoms with Gasteiger partial charge in [-0.05, 0) is 25.0 Å². The number of carbonyl (C=O) groups excluding carboxylic acids is 1. The second-order valence-electron chi connectivity index (χ2n) is 4.41. The number of rotatable bonds is 3. The van der Waals surface area contributed by atoms with E-state index >= 15 is 0 Å². The summed E-state index contributed by atoms with van der Waals surface area (Å²) in [7, 11) is 3.83. The number of anilines is 2. The van der Waals surface area contributed by atoms with Gasteiger partial charge in [-0.25, -0.2) is 4.98 Å². The molecule has 0 unspecified atom stereocenters. The third-order valence-corrected chi connectivity index (χ3v) is 2.70. The maximum Gasteiger partial charge on any atom is 0.244 e. The van der Waals surface area contributed by atoms with Gasteiger partial charge in [-0.1, -0.05) is 0 Å². The van der Waals surface area contributed by atoms with Crippen molar-refractivity contribution in [3.63, 3.8) is 0 Å². The number of amides is 1. The van der Waals surface area contributed by atoms with Crippen LogP contribution in [0.2, 0.25) is 0 Å². The molecule has 2 rings (SSSR count). The maximum absolute atomic E-state index is 11.6. The lowest BCUT2D eigenvalue weighted by molar-refractivity contribution is -0.118. The Hall–Kier alpha value is -1.62. The Bertz CT molecular complexity index is 395. The highest BCUT2D eigenvalue weighted by molar-refractivity contribution is 5.99. The van der Waals surface area contributed by atoms with Gasteiger partial charge in [0.2, 0.25) is 5.91 Å². The summed E-state index contributed by atoms with van der Waals surface area (Å²) >= 11 is 0. The lowest BCUT2D eigenvalue weighted by Gasteiger charge is -2.13. The van der Waals surface area contributed by atoms with E-state index in [4.69, 9.17) is 5.73 Å². The molecule has 0 atom stereocenters. The smallest absolute Gasteiger partial charge is 0.244 e. The first-order valence-electron chi connectivity index (χ1n) is 5.25. The van der Waals surface area contributed by atoms with E-state index < -0.39 is 5.54 Å². The zero-order chi connectivity index (χ0) is 11.8. The molecule has 0 bridgehead atoms. The zero-order valence-corrected chi connectivity index (χ0v) is 9.53. The second-order valence-corrected chi connectivity index (χ2v) is 4.41. The van der Waals surface area contributed by atoms with Crippen LogP contribution in [0.5, 0.6) is 0 Å². The van der Waals surface area contributed by atoms with E-state index in [9.17, 15) is 4.79 Å².